The number of halogens is 5. The van der Waals surface area contributed by atoms with E-state index in [1.165, 1.54) is 22.6 Å². The quantitative estimate of drug-likeness (QED) is 0.543. The van der Waals surface area contributed by atoms with E-state index in [1.807, 2.05) is 0 Å². The normalized spacial score (nSPS) is 10.8. The van der Waals surface area contributed by atoms with Crippen LogP contribution in [0.4, 0.5) is 13.2 Å². The summed E-state index contributed by atoms with van der Waals surface area (Å²) in [6, 6.07) is 2.19. The Hall–Kier alpha value is 0.0300. The Bertz CT molecular complexity index is 301. The first-order chi connectivity index (χ1) is 5.54. The SMILES string of the molecule is Fc1ccc(Cl)c(C(F)F)c1I. The van der Waals surface area contributed by atoms with Crippen LogP contribution in [-0.2, 0) is 0 Å². The molecule has 0 spiro atoms. The van der Waals surface area contributed by atoms with Crippen LogP contribution >= 0.6 is 34.2 Å². The number of rotatable bonds is 1. The van der Waals surface area contributed by atoms with Crippen LogP contribution in [0.2, 0.25) is 5.02 Å². The van der Waals surface area contributed by atoms with Gasteiger partial charge < -0.3 is 0 Å². The minimum absolute atomic E-state index is 0.101. The van der Waals surface area contributed by atoms with Crippen molar-refractivity contribution in [3.8, 4) is 0 Å². The molecule has 1 rings (SSSR count). The molecule has 12 heavy (non-hydrogen) atoms. The van der Waals surface area contributed by atoms with E-state index in [9.17, 15) is 13.2 Å². The minimum atomic E-state index is -2.74. The molecule has 0 aromatic heterocycles. The molecule has 1 aromatic carbocycles. The molecule has 0 radical (unpaired) electrons. The lowest BCUT2D eigenvalue weighted by Crippen LogP contribution is -1.94. The zero-order valence-corrected chi connectivity index (χ0v) is 8.54. The smallest absolute Gasteiger partial charge is 0.206 e. The van der Waals surface area contributed by atoms with Gasteiger partial charge in [0.25, 0.3) is 6.43 Å². The van der Waals surface area contributed by atoms with Crippen molar-refractivity contribution in [1.29, 1.82) is 0 Å². The molecule has 5 heteroatoms. The molecule has 0 aliphatic carbocycles. The minimum Gasteiger partial charge on any atom is -0.206 e. The molecule has 66 valence electrons. The van der Waals surface area contributed by atoms with Crippen LogP contribution in [0.1, 0.15) is 12.0 Å². The van der Waals surface area contributed by atoms with Crippen molar-refractivity contribution >= 4 is 34.2 Å². The van der Waals surface area contributed by atoms with Crippen molar-refractivity contribution in [3.05, 3.63) is 32.1 Å². The molecule has 0 heterocycles. The van der Waals surface area contributed by atoms with E-state index < -0.39 is 17.8 Å². The summed E-state index contributed by atoms with van der Waals surface area (Å²) in [4.78, 5) is 0. The Morgan fingerprint density at radius 1 is 1.33 bits per heavy atom. The molecule has 0 aliphatic rings. The highest BCUT2D eigenvalue weighted by Gasteiger charge is 2.18. The maximum atomic E-state index is 12.7. The number of hydrogen-bond donors (Lipinski definition) is 0. The lowest BCUT2D eigenvalue weighted by atomic mass is 10.2. The van der Waals surface area contributed by atoms with Crippen molar-refractivity contribution < 1.29 is 13.2 Å². The summed E-state index contributed by atoms with van der Waals surface area (Å²) in [7, 11) is 0. The van der Waals surface area contributed by atoms with Crippen LogP contribution in [0.25, 0.3) is 0 Å². The van der Waals surface area contributed by atoms with Crippen molar-refractivity contribution in [3.63, 3.8) is 0 Å². The largest absolute Gasteiger partial charge is 0.266 e. The van der Waals surface area contributed by atoms with Gasteiger partial charge >= 0.3 is 0 Å². The Labute approximate surface area is 85.9 Å². The molecule has 0 saturated carbocycles. The third-order valence-corrected chi connectivity index (χ3v) is 2.72. The van der Waals surface area contributed by atoms with Crippen LogP contribution in [0.15, 0.2) is 12.1 Å². The summed E-state index contributed by atoms with van der Waals surface area (Å²) in [6.07, 6.45) is -2.74. The van der Waals surface area contributed by atoms with Gasteiger partial charge in [-0.15, -0.1) is 0 Å². The summed E-state index contributed by atoms with van der Waals surface area (Å²) < 4.78 is 37.0. The van der Waals surface area contributed by atoms with E-state index >= 15 is 0 Å². The second kappa shape index (κ2) is 3.83. The standard InChI is InChI=1S/C7H3ClF3I/c8-3-1-2-4(9)6(12)5(3)7(10)11/h1-2,7H. The van der Waals surface area contributed by atoms with Gasteiger partial charge in [0.05, 0.1) is 14.2 Å². The van der Waals surface area contributed by atoms with Gasteiger partial charge in [0.1, 0.15) is 5.82 Å². The highest BCUT2D eigenvalue weighted by molar-refractivity contribution is 14.1. The van der Waals surface area contributed by atoms with E-state index in [1.54, 1.807) is 0 Å². The first-order valence-electron chi connectivity index (χ1n) is 2.95. The molecule has 0 aliphatic heterocycles. The number of hydrogen-bond acceptors (Lipinski definition) is 0. The summed E-state index contributed by atoms with van der Waals surface area (Å²) in [5, 5.41) is -0.101. The Balaban J connectivity index is 3.33. The summed E-state index contributed by atoms with van der Waals surface area (Å²) >= 11 is 6.95. The third kappa shape index (κ3) is 1.85. The predicted molar refractivity (Wildman–Crippen MR) is 49.1 cm³/mol. The van der Waals surface area contributed by atoms with Crippen molar-refractivity contribution in [2.24, 2.45) is 0 Å². The van der Waals surface area contributed by atoms with Crippen molar-refractivity contribution in [1.82, 2.24) is 0 Å². The van der Waals surface area contributed by atoms with Gasteiger partial charge in [0, 0.05) is 0 Å². The zero-order chi connectivity index (χ0) is 9.30. The predicted octanol–water partition coefficient (Wildman–Crippen LogP) is 4.02. The fraction of sp³-hybridized carbons (Fsp3) is 0.143. The highest BCUT2D eigenvalue weighted by atomic mass is 127. The van der Waals surface area contributed by atoms with Crippen LogP contribution in [0, 0.1) is 9.39 Å². The van der Waals surface area contributed by atoms with E-state index in [0.717, 1.165) is 12.1 Å². The first-order valence-corrected chi connectivity index (χ1v) is 4.41. The maximum Gasteiger partial charge on any atom is 0.266 e. The lowest BCUT2D eigenvalue weighted by Gasteiger charge is -2.05. The number of benzene rings is 1. The topological polar surface area (TPSA) is 0 Å². The average Bonchev–Trinajstić information content (AvgIpc) is 1.97. The lowest BCUT2D eigenvalue weighted by molar-refractivity contribution is 0.150. The van der Waals surface area contributed by atoms with Crippen LogP contribution in [-0.4, -0.2) is 0 Å². The third-order valence-electron chi connectivity index (χ3n) is 1.30. The van der Waals surface area contributed by atoms with Gasteiger partial charge in [-0.2, -0.15) is 0 Å². The van der Waals surface area contributed by atoms with Gasteiger partial charge in [0.15, 0.2) is 0 Å². The Morgan fingerprint density at radius 2 is 1.92 bits per heavy atom. The van der Waals surface area contributed by atoms with E-state index in [-0.39, 0.29) is 8.59 Å². The van der Waals surface area contributed by atoms with Gasteiger partial charge in [0.2, 0.25) is 0 Å². The summed E-state index contributed by atoms with van der Waals surface area (Å²) in [6.45, 7) is 0. The second-order valence-electron chi connectivity index (χ2n) is 2.06. The van der Waals surface area contributed by atoms with Crippen LogP contribution in [0.3, 0.4) is 0 Å². The van der Waals surface area contributed by atoms with Gasteiger partial charge in [-0.25, -0.2) is 13.2 Å². The molecular weight excluding hydrogens is 303 g/mol. The second-order valence-corrected chi connectivity index (χ2v) is 3.54. The first kappa shape index (κ1) is 10.1. The molecule has 0 amide bonds. The molecule has 1 aromatic rings. The van der Waals surface area contributed by atoms with Crippen molar-refractivity contribution in [2.75, 3.05) is 0 Å². The number of alkyl halides is 2. The fourth-order valence-corrected chi connectivity index (χ4v) is 1.85. The molecular formula is C7H3ClF3I. The fourth-order valence-electron chi connectivity index (χ4n) is 0.743. The van der Waals surface area contributed by atoms with E-state index in [4.69, 9.17) is 11.6 Å². The molecule has 0 nitrogen and oxygen atoms in total. The van der Waals surface area contributed by atoms with E-state index in [2.05, 4.69) is 0 Å². The molecule has 0 unspecified atom stereocenters. The Morgan fingerprint density at radius 3 is 2.33 bits per heavy atom. The average molecular weight is 306 g/mol. The molecule has 0 saturated heterocycles. The Kier molecular flexibility index (Phi) is 3.22. The van der Waals surface area contributed by atoms with Gasteiger partial charge in [-0.1, -0.05) is 11.6 Å². The van der Waals surface area contributed by atoms with E-state index in [0.29, 0.717) is 0 Å². The molecule has 0 fully saturated rings. The molecule has 0 N–H and O–H groups in total. The maximum absolute atomic E-state index is 12.7. The van der Waals surface area contributed by atoms with Gasteiger partial charge in [-0.05, 0) is 34.7 Å². The molecule has 0 bridgehead atoms. The highest BCUT2D eigenvalue weighted by Crippen LogP contribution is 2.32. The van der Waals surface area contributed by atoms with Crippen molar-refractivity contribution in [2.45, 2.75) is 6.43 Å². The molecule has 0 atom stereocenters. The zero-order valence-electron chi connectivity index (χ0n) is 5.62. The van der Waals surface area contributed by atoms with Gasteiger partial charge in [-0.3, -0.25) is 0 Å². The van der Waals surface area contributed by atoms with Crippen LogP contribution < -0.4 is 0 Å². The summed E-state index contributed by atoms with van der Waals surface area (Å²) in [5.41, 5.74) is -0.433. The summed E-state index contributed by atoms with van der Waals surface area (Å²) in [5.74, 6) is -0.671. The monoisotopic (exact) mass is 306 g/mol. The van der Waals surface area contributed by atoms with Crippen LogP contribution in [0.5, 0.6) is 0 Å².